The van der Waals surface area contributed by atoms with Gasteiger partial charge < -0.3 is 21.5 Å². The molecule has 0 aromatic heterocycles. The highest BCUT2D eigenvalue weighted by Gasteiger charge is 2.09. The van der Waals surface area contributed by atoms with Gasteiger partial charge in [-0.25, -0.2) is 4.79 Å². The maximum atomic E-state index is 11.2. The van der Waals surface area contributed by atoms with Gasteiger partial charge in [-0.15, -0.1) is 0 Å². The summed E-state index contributed by atoms with van der Waals surface area (Å²) in [6.45, 7) is 2.04. The van der Waals surface area contributed by atoms with Crippen molar-refractivity contribution in [2.24, 2.45) is 5.73 Å². The summed E-state index contributed by atoms with van der Waals surface area (Å²) < 4.78 is 0. The quantitative estimate of drug-likeness (QED) is 0.442. The van der Waals surface area contributed by atoms with Crippen molar-refractivity contribution in [3.8, 4) is 0 Å². The smallest absolute Gasteiger partial charge is 0.315 e. The van der Waals surface area contributed by atoms with Crippen LogP contribution in [0.2, 0.25) is 0 Å². The molecule has 0 saturated heterocycles. The number of amides is 3. The second kappa shape index (κ2) is 8.37. The summed E-state index contributed by atoms with van der Waals surface area (Å²) in [5.74, 6) is -1.32. The lowest BCUT2D eigenvalue weighted by Crippen LogP contribution is -2.41. The van der Waals surface area contributed by atoms with Crippen molar-refractivity contribution in [3.63, 3.8) is 0 Å². The number of nitrogens with one attached hydrogen (secondary N) is 2. The molecule has 5 N–H and O–H groups in total. The Labute approximate surface area is 99.7 Å². The van der Waals surface area contributed by atoms with Gasteiger partial charge in [-0.1, -0.05) is 0 Å². The molecule has 0 rings (SSSR count). The van der Waals surface area contributed by atoms with E-state index in [2.05, 4.69) is 10.6 Å². The summed E-state index contributed by atoms with van der Waals surface area (Å²) in [4.78, 5) is 32.0. The average Bonchev–Trinajstić information content (AvgIpc) is 2.14. The van der Waals surface area contributed by atoms with Gasteiger partial charge in [-0.05, 0) is 19.8 Å². The van der Waals surface area contributed by atoms with Crippen molar-refractivity contribution in [2.45, 2.75) is 38.6 Å². The van der Waals surface area contributed by atoms with Crippen molar-refractivity contribution in [1.82, 2.24) is 10.6 Å². The second-order valence-electron chi connectivity index (χ2n) is 3.82. The number of carboxylic acids is 1. The van der Waals surface area contributed by atoms with E-state index in [9.17, 15) is 14.4 Å². The molecule has 0 aliphatic carbocycles. The van der Waals surface area contributed by atoms with Crippen molar-refractivity contribution in [1.29, 1.82) is 0 Å². The summed E-state index contributed by atoms with van der Waals surface area (Å²) in [6, 6.07) is -0.823. The molecule has 3 amide bonds. The zero-order valence-electron chi connectivity index (χ0n) is 9.86. The van der Waals surface area contributed by atoms with Crippen LogP contribution < -0.4 is 16.4 Å². The number of hydrogen-bond acceptors (Lipinski definition) is 3. The molecular weight excluding hydrogens is 226 g/mol. The van der Waals surface area contributed by atoms with Gasteiger partial charge in [-0.2, -0.15) is 0 Å². The normalized spacial score (nSPS) is 11.6. The lowest BCUT2D eigenvalue weighted by Gasteiger charge is -2.12. The predicted molar refractivity (Wildman–Crippen MR) is 61.3 cm³/mol. The van der Waals surface area contributed by atoms with Gasteiger partial charge in [0.05, 0.1) is 6.42 Å². The van der Waals surface area contributed by atoms with Crippen LogP contribution in [0.15, 0.2) is 0 Å². The fraction of sp³-hybridized carbons (Fsp3) is 0.700. The highest BCUT2D eigenvalue weighted by Crippen LogP contribution is 1.93. The largest absolute Gasteiger partial charge is 0.481 e. The highest BCUT2D eigenvalue weighted by atomic mass is 16.4. The van der Waals surface area contributed by atoms with Crippen molar-refractivity contribution < 1.29 is 19.5 Å². The van der Waals surface area contributed by atoms with Gasteiger partial charge in [0.15, 0.2) is 0 Å². The summed E-state index contributed by atoms with van der Waals surface area (Å²) in [6.07, 6.45) is 1.47. The molecule has 1 unspecified atom stereocenters. The first-order chi connectivity index (χ1) is 7.91. The van der Waals surface area contributed by atoms with Crippen LogP contribution >= 0.6 is 0 Å². The minimum atomic E-state index is -0.959. The van der Waals surface area contributed by atoms with Gasteiger partial charge in [-0.3, -0.25) is 9.59 Å². The number of rotatable bonds is 8. The van der Waals surface area contributed by atoms with Crippen molar-refractivity contribution in [2.75, 3.05) is 6.54 Å². The van der Waals surface area contributed by atoms with Crippen LogP contribution in [0.1, 0.15) is 32.6 Å². The summed E-state index contributed by atoms with van der Waals surface area (Å²) in [7, 11) is 0. The Balaban J connectivity index is 3.52. The Hall–Kier alpha value is -1.79. The van der Waals surface area contributed by atoms with Crippen LogP contribution in [0.25, 0.3) is 0 Å². The molecule has 7 heteroatoms. The standard InChI is InChI=1S/C10H19N3O4/c1-7(6-9(15)16)13-10(17)12-5-3-2-4-8(11)14/h7H,2-6H2,1H3,(H2,11,14)(H,15,16)(H2,12,13,17). The molecule has 0 heterocycles. The van der Waals surface area contributed by atoms with Crippen LogP contribution in [0.4, 0.5) is 4.79 Å². The first-order valence-electron chi connectivity index (χ1n) is 5.46. The van der Waals surface area contributed by atoms with Gasteiger partial charge in [0.2, 0.25) is 5.91 Å². The third kappa shape index (κ3) is 10.5. The SMILES string of the molecule is CC(CC(=O)O)NC(=O)NCCCCC(N)=O. The first-order valence-corrected chi connectivity index (χ1v) is 5.46. The number of carbonyl (C=O) groups excluding carboxylic acids is 2. The zero-order chi connectivity index (χ0) is 13.3. The Kier molecular flexibility index (Phi) is 7.49. The van der Waals surface area contributed by atoms with Gasteiger partial charge in [0.25, 0.3) is 0 Å². The van der Waals surface area contributed by atoms with Gasteiger partial charge in [0.1, 0.15) is 0 Å². The maximum absolute atomic E-state index is 11.2. The molecule has 0 aliphatic heterocycles. The Morgan fingerprint density at radius 1 is 1.29 bits per heavy atom. The second-order valence-corrected chi connectivity index (χ2v) is 3.82. The predicted octanol–water partition coefficient (Wildman–Crippen LogP) is -0.196. The average molecular weight is 245 g/mol. The first kappa shape index (κ1) is 15.2. The van der Waals surface area contributed by atoms with Crippen molar-refractivity contribution in [3.05, 3.63) is 0 Å². The number of carboxylic acid groups (broad SMARTS) is 1. The number of unbranched alkanes of at least 4 members (excludes halogenated alkanes) is 1. The molecule has 0 spiro atoms. The Morgan fingerprint density at radius 2 is 1.94 bits per heavy atom. The molecule has 17 heavy (non-hydrogen) atoms. The minimum Gasteiger partial charge on any atom is -0.481 e. The Bertz CT molecular complexity index is 281. The molecule has 7 nitrogen and oxygen atoms in total. The number of primary amides is 1. The van der Waals surface area contributed by atoms with E-state index in [1.54, 1.807) is 6.92 Å². The maximum Gasteiger partial charge on any atom is 0.315 e. The molecule has 0 aromatic rings. The number of hydrogen-bond donors (Lipinski definition) is 4. The van der Waals surface area contributed by atoms with Gasteiger partial charge in [0, 0.05) is 19.0 Å². The van der Waals surface area contributed by atoms with Crippen LogP contribution in [-0.2, 0) is 9.59 Å². The molecule has 0 bridgehead atoms. The monoisotopic (exact) mass is 245 g/mol. The minimum absolute atomic E-state index is 0.116. The zero-order valence-corrected chi connectivity index (χ0v) is 9.86. The molecule has 0 saturated carbocycles. The number of nitrogens with two attached hydrogens (primary N) is 1. The van der Waals surface area contributed by atoms with Gasteiger partial charge >= 0.3 is 12.0 Å². The summed E-state index contributed by atoms with van der Waals surface area (Å²) in [5, 5.41) is 13.5. The topological polar surface area (TPSA) is 122 Å². The van der Waals surface area contributed by atoms with E-state index < -0.39 is 18.0 Å². The number of aliphatic carboxylic acids is 1. The third-order valence-electron chi connectivity index (χ3n) is 1.99. The molecule has 0 aromatic carbocycles. The van der Waals surface area contributed by atoms with E-state index in [4.69, 9.17) is 10.8 Å². The highest BCUT2D eigenvalue weighted by molar-refractivity contribution is 5.75. The van der Waals surface area contributed by atoms with Crippen LogP contribution in [0, 0.1) is 0 Å². The lowest BCUT2D eigenvalue weighted by molar-refractivity contribution is -0.137. The molecule has 0 aliphatic rings. The molecule has 98 valence electrons. The number of carbonyl (C=O) groups is 3. The fourth-order valence-corrected chi connectivity index (χ4v) is 1.21. The molecule has 0 radical (unpaired) electrons. The molecular formula is C10H19N3O4. The van der Waals surface area contributed by atoms with E-state index in [1.807, 2.05) is 0 Å². The van der Waals surface area contributed by atoms with E-state index in [0.29, 0.717) is 25.8 Å². The third-order valence-corrected chi connectivity index (χ3v) is 1.99. The summed E-state index contributed by atoms with van der Waals surface area (Å²) >= 11 is 0. The van der Waals surface area contributed by atoms with E-state index in [0.717, 1.165) is 0 Å². The fourth-order valence-electron chi connectivity index (χ4n) is 1.21. The van der Waals surface area contributed by atoms with E-state index >= 15 is 0 Å². The van der Waals surface area contributed by atoms with E-state index in [-0.39, 0.29) is 12.3 Å². The van der Waals surface area contributed by atoms with Crippen LogP contribution in [0.3, 0.4) is 0 Å². The summed E-state index contributed by atoms with van der Waals surface area (Å²) in [5.41, 5.74) is 4.95. The van der Waals surface area contributed by atoms with Crippen LogP contribution in [-0.4, -0.2) is 35.6 Å². The lowest BCUT2D eigenvalue weighted by atomic mass is 10.2. The van der Waals surface area contributed by atoms with Crippen LogP contribution in [0.5, 0.6) is 0 Å². The Morgan fingerprint density at radius 3 is 2.47 bits per heavy atom. The van der Waals surface area contributed by atoms with E-state index in [1.165, 1.54) is 0 Å². The number of urea groups is 1. The molecule has 0 fully saturated rings. The van der Waals surface area contributed by atoms with Crippen molar-refractivity contribution >= 4 is 17.9 Å². The molecule has 1 atom stereocenters.